The van der Waals surface area contributed by atoms with E-state index in [2.05, 4.69) is 0 Å². The van der Waals surface area contributed by atoms with E-state index in [0.717, 1.165) is 0 Å². The largest absolute Gasteiger partial charge is 0.494 e. The lowest BCUT2D eigenvalue weighted by Gasteiger charge is -2.08. The highest BCUT2D eigenvalue weighted by Gasteiger charge is 2.21. The van der Waals surface area contributed by atoms with Crippen molar-refractivity contribution in [3.63, 3.8) is 0 Å². The minimum atomic E-state index is -3.59. The third-order valence-electron chi connectivity index (χ3n) is 4.18. The first-order chi connectivity index (χ1) is 12.7. The number of halogens is 1. The van der Waals surface area contributed by atoms with E-state index in [4.69, 9.17) is 20.8 Å². The van der Waals surface area contributed by atoms with E-state index in [0.29, 0.717) is 40.2 Å². The Balaban J connectivity index is 2.00. The highest BCUT2D eigenvalue weighted by molar-refractivity contribution is 7.90. The number of sulfone groups is 1. The van der Waals surface area contributed by atoms with Crippen molar-refractivity contribution >= 4 is 38.2 Å². The van der Waals surface area contributed by atoms with E-state index in [-0.39, 0.29) is 21.5 Å². The van der Waals surface area contributed by atoms with E-state index < -0.39 is 9.84 Å². The number of benzene rings is 2. The van der Waals surface area contributed by atoms with Crippen LogP contribution in [0.15, 0.2) is 45.7 Å². The van der Waals surface area contributed by atoms with Gasteiger partial charge in [0.05, 0.1) is 27.8 Å². The van der Waals surface area contributed by atoms with Gasteiger partial charge < -0.3 is 9.15 Å². The summed E-state index contributed by atoms with van der Waals surface area (Å²) in [5.74, 6) is 0.679. The Bertz CT molecular complexity index is 1110. The molecule has 3 rings (SSSR count). The van der Waals surface area contributed by atoms with Gasteiger partial charge in [-0.25, -0.2) is 8.42 Å². The minimum Gasteiger partial charge on any atom is -0.494 e. The molecule has 0 aliphatic heterocycles. The second-order valence-electron chi connectivity index (χ2n) is 6.21. The number of hydrogen-bond donors (Lipinski definition) is 0. The van der Waals surface area contributed by atoms with Crippen LogP contribution in [0.3, 0.4) is 0 Å². The van der Waals surface area contributed by atoms with Gasteiger partial charge in [-0.3, -0.25) is 4.79 Å². The molecule has 0 saturated heterocycles. The number of carbonyl (C=O) groups excluding carboxylic acids is 1. The molecule has 142 valence electrons. The van der Waals surface area contributed by atoms with E-state index in [9.17, 15) is 13.2 Å². The van der Waals surface area contributed by atoms with Crippen molar-refractivity contribution in [1.29, 1.82) is 0 Å². The molecule has 0 N–H and O–H groups in total. The number of rotatable bonds is 6. The molecule has 2 aromatic carbocycles. The molecule has 0 aliphatic carbocycles. The van der Waals surface area contributed by atoms with Crippen molar-refractivity contribution in [2.75, 3.05) is 6.61 Å². The second kappa shape index (κ2) is 7.37. The maximum Gasteiger partial charge on any atom is 0.182 e. The Kier molecular flexibility index (Phi) is 5.31. The van der Waals surface area contributed by atoms with E-state index >= 15 is 0 Å². The maximum absolute atomic E-state index is 12.8. The number of hydrogen-bond acceptors (Lipinski definition) is 5. The van der Waals surface area contributed by atoms with Crippen molar-refractivity contribution in [3.05, 3.63) is 58.3 Å². The van der Waals surface area contributed by atoms with Crippen molar-refractivity contribution < 1.29 is 22.4 Å². The van der Waals surface area contributed by atoms with Crippen molar-refractivity contribution in [2.24, 2.45) is 0 Å². The summed E-state index contributed by atoms with van der Waals surface area (Å²) < 4.78 is 36.5. The predicted molar refractivity (Wildman–Crippen MR) is 104 cm³/mol. The van der Waals surface area contributed by atoms with E-state index in [1.807, 2.05) is 6.92 Å². The maximum atomic E-state index is 12.8. The van der Waals surface area contributed by atoms with E-state index in [1.54, 1.807) is 31.2 Å². The molecule has 5 nitrogen and oxygen atoms in total. The monoisotopic (exact) mass is 406 g/mol. The third-order valence-corrected chi connectivity index (χ3v) is 6.17. The molecule has 0 radical (unpaired) electrons. The number of furan rings is 1. The summed E-state index contributed by atoms with van der Waals surface area (Å²) in [5.41, 5.74) is 1.30. The Morgan fingerprint density at radius 1 is 1.19 bits per heavy atom. The number of aryl methyl sites for hydroxylation is 1. The molecule has 0 amide bonds. The lowest BCUT2D eigenvalue weighted by Crippen LogP contribution is -2.05. The Morgan fingerprint density at radius 3 is 2.44 bits per heavy atom. The molecular weight excluding hydrogens is 388 g/mol. The molecule has 27 heavy (non-hydrogen) atoms. The Hall–Kier alpha value is -2.31. The van der Waals surface area contributed by atoms with Gasteiger partial charge in [-0.2, -0.15) is 0 Å². The molecule has 1 heterocycles. The van der Waals surface area contributed by atoms with Crippen LogP contribution in [0.25, 0.3) is 11.0 Å². The molecule has 7 heteroatoms. The van der Waals surface area contributed by atoms with Crippen molar-refractivity contribution in [1.82, 2.24) is 0 Å². The fourth-order valence-electron chi connectivity index (χ4n) is 3.07. The summed E-state index contributed by atoms with van der Waals surface area (Å²) >= 11 is 6.27. The van der Waals surface area contributed by atoms with Crippen LogP contribution in [0.5, 0.6) is 5.75 Å². The van der Waals surface area contributed by atoms with Crippen LogP contribution >= 0.6 is 11.6 Å². The highest BCUT2D eigenvalue weighted by Crippen LogP contribution is 2.33. The fourth-order valence-corrected chi connectivity index (χ4v) is 4.67. The fraction of sp³-hybridized carbons (Fsp3) is 0.250. The number of carbonyl (C=O) groups is 1. The molecule has 0 atom stereocenters. The molecule has 0 fully saturated rings. The molecule has 3 aromatic rings. The first-order valence-corrected chi connectivity index (χ1v) is 10.4. The number of ketones is 1. The topological polar surface area (TPSA) is 73.6 Å². The molecule has 0 aliphatic rings. The summed E-state index contributed by atoms with van der Waals surface area (Å²) in [7, 11) is -3.59. The zero-order valence-corrected chi connectivity index (χ0v) is 16.8. The van der Waals surface area contributed by atoms with Gasteiger partial charge in [-0.05, 0) is 62.7 Å². The molecular formula is C20H19ClO5S. The standard InChI is InChI=1S/C20H19ClO5S/c1-4-25-15-5-7-16(8-6-15)27(23,24)11-14-9-17-19(12(2)22)13(3)26-20(17)18(21)10-14/h5-10H,4,11H2,1-3H3. The van der Waals surface area contributed by atoms with E-state index in [1.165, 1.54) is 19.1 Å². The van der Waals surface area contributed by atoms with Gasteiger partial charge >= 0.3 is 0 Å². The zero-order chi connectivity index (χ0) is 19.8. The number of ether oxygens (including phenoxy) is 1. The van der Waals surface area contributed by atoms with Crippen LogP contribution in [-0.2, 0) is 15.6 Å². The predicted octanol–water partition coefficient (Wildman–Crippen LogP) is 4.97. The van der Waals surface area contributed by atoms with Gasteiger partial charge in [0.2, 0.25) is 0 Å². The quantitative estimate of drug-likeness (QED) is 0.540. The first-order valence-electron chi connectivity index (χ1n) is 8.41. The van der Waals surface area contributed by atoms with Gasteiger partial charge in [0.15, 0.2) is 21.2 Å². The lowest BCUT2D eigenvalue weighted by molar-refractivity contribution is 0.101. The molecule has 0 spiro atoms. The third kappa shape index (κ3) is 3.87. The normalized spacial score (nSPS) is 11.7. The molecule has 0 unspecified atom stereocenters. The van der Waals surface area contributed by atoms with Gasteiger partial charge in [0.25, 0.3) is 0 Å². The Labute approximate surface area is 162 Å². The summed E-state index contributed by atoms with van der Waals surface area (Å²) in [4.78, 5) is 12.1. The van der Waals surface area contributed by atoms with Crippen molar-refractivity contribution in [3.8, 4) is 5.75 Å². The SMILES string of the molecule is CCOc1ccc(S(=O)(=O)Cc2cc(Cl)c3oc(C)c(C(C)=O)c3c2)cc1. The minimum absolute atomic E-state index is 0.158. The van der Waals surface area contributed by atoms with Gasteiger partial charge in [-0.1, -0.05) is 11.6 Å². The van der Waals surface area contributed by atoms with Crippen LogP contribution in [0.2, 0.25) is 5.02 Å². The smallest absolute Gasteiger partial charge is 0.182 e. The molecule has 0 saturated carbocycles. The Morgan fingerprint density at radius 2 is 1.85 bits per heavy atom. The molecule has 1 aromatic heterocycles. The van der Waals surface area contributed by atoms with Gasteiger partial charge in [0.1, 0.15) is 11.5 Å². The highest BCUT2D eigenvalue weighted by atomic mass is 35.5. The summed E-state index contributed by atoms with van der Waals surface area (Å²) in [6.45, 7) is 5.49. The lowest BCUT2D eigenvalue weighted by atomic mass is 10.1. The number of Topliss-reactive ketones (excluding diaryl/α,β-unsaturated/α-hetero) is 1. The number of fused-ring (bicyclic) bond motifs is 1. The average Bonchev–Trinajstić information content (AvgIpc) is 2.92. The summed E-state index contributed by atoms with van der Waals surface area (Å²) in [6.07, 6.45) is 0. The van der Waals surface area contributed by atoms with Crippen LogP contribution < -0.4 is 4.74 Å². The summed E-state index contributed by atoms with van der Waals surface area (Å²) in [5, 5.41) is 0.810. The van der Waals surface area contributed by atoms with Crippen LogP contribution in [0.1, 0.15) is 35.5 Å². The summed E-state index contributed by atoms with van der Waals surface area (Å²) in [6, 6.07) is 9.50. The van der Waals surface area contributed by atoms with Gasteiger partial charge in [-0.15, -0.1) is 0 Å². The zero-order valence-electron chi connectivity index (χ0n) is 15.2. The van der Waals surface area contributed by atoms with Crippen LogP contribution in [0, 0.1) is 6.92 Å². The van der Waals surface area contributed by atoms with Crippen LogP contribution in [-0.4, -0.2) is 20.8 Å². The van der Waals surface area contributed by atoms with Gasteiger partial charge in [0, 0.05) is 5.39 Å². The van der Waals surface area contributed by atoms with Crippen molar-refractivity contribution in [2.45, 2.75) is 31.4 Å². The van der Waals surface area contributed by atoms with Crippen LogP contribution in [0.4, 0.5) is 0 Å². The first kappa shape index (κ1) is 19.5. The second-order valence-corrected chi connectivity index (χ2v) is 8.60. The average molecular weight is 407 g/mol. The molecule has 0 bridgehead atoms.